The second-order valence-corrected chi connectivity index (χ2v) is 12.1. The molecular weight excluding hydrogens is 592 g/mol. The third kappa shape index (κ3) is 12.5. The zero-order valence-corrected chi connectivity index (χ0v) is 29.5. The molecule has 0 saturated heterocycles. The maximum atomic E-state index is 11.2. The SMILES string of the molecule is CCCCOc1cc(O)c(OCCCC)c(OCCCC)c1Sc1c(OCCCC)cc(O)c(OCCCC)c1OCCCC. The quantitative estimate of drug-likeness (QED) is 0.0964. The maximum absolute atomic E-state index is 11.2. The van der Waals surface area contributed by atoms with Crippen LogP contribution < -0.4 is 28.4 Å². The van der Waals surface area contributed by atoms with E-state index in [2.05, 4.69) is 41.5 Å². The van der Waals surface area contributed by atoms with Gasteiger partial charge in [0.1, 0.15) is 21.3 Å². The summed E-state index contributed by atoms with van der Waals surface area (Å²) in [4.78, 5) is 1.30. The van der Waals surface area contributed by atoms with Gasteiger partial charge in [0.2, 0.25) is 11.5 Å². The van der Waals surface area contributed by atoms with E-state index >= 15 is 0 Å². The summed E-state index contributed by atoms with van der Waals surface area (Å²) < 4.78 is 37.7. The van der Waals surface area contributed by atoms with Crippen molar-refractivity contribution >= 4 is 11.8 Å². The largest absolute Gasteiger partial charge is 0.504 e. The van der Waals surface area contributed by atoms with Crippen LogP contribution in [0.15, 0.2) is 21.9 Å². The molecule has 0 fully saturated rings. The number of unbranched alkanes of at least 4 members (excludes halogenated alkanes) is 6. The average Bonchev–Trinajstić information content (AvgIpc) is 3.02. The van der Waals surface area contributed by atoms with Gasteiger partial charge in [0.25, 0.3) is 0 Å². The van der Waals surface area contributed by atoms with Gasteiger partial charge in [-0.3, -0.25) is 0 Å². The van der Waals surface area contributed by atoms with Crippen molar-refractivity contribution in [2.75, 3.05) is 39.6 Å². The monoisotopic (exact) mass is 650 g/mol. The molecule has 0 aliphatic heterocycles. The van der Waals surface area contributed by atoms with Crippen LogP contribution >= 0.6 is 11.8 Å². The molecule has 0 bridgehead atoms. The average molecular weight is 651 g/mol. The van der Waals surface area contributed by atoms with Crippen LogP contribution in [0.2, 0.25) is 0 Å². The molecular formula is C36H58O8S. The van der Waals surface area contributed by atoms with Crippen molar-refractivity contribution in [3.8, 4) is 46.0 Å². The molecule has 9 heteroatoms. The standard InChI is InChI=1S/C36H58O8S/c1-7-13-19-39-29-25-27(37)31(41-21-15-9-3)33(43-23-17-11-5)35(29)45-36-30(40-20-14-8-2)26-28(38)32(42-22-16-10-4)34(36)44-24-18-12-6/h25-26,37-38H,7-24H2,1-6H3. The minimum atomic E-state index is -0.0263. The molecule has 2 aromatic rings. The van der Waals surface area contributed by atoms with Gasteiger partial charge >= 0.3 is 0 Å². The van der Waals surface area contributed by atoms with Crippen molar-refractivity contribution in [3.63, 3.8) is 0 Å². The number of phenolic OH excluding ortho intramolecular Hbond substituents is 2. The fourth-order valence-electron chi connectivity index (χ4n) is 4.15. The van der Waals surface area contributed by atoms with Gasteiger partial charge in [0.15, 0.2) is 23.0 Å². The van der Waals surface area contributed by atoms with Gasteiger partial charge in [-0.1, -0.05) is 91.8 Å². The molecule has 256 valence electrons. The lowest BCUT2D eigenvalue weighted by molar-refractivity contribution is 0.238. The predicted molar refractivity (Wildman–Crippen MR) is 183 cm³/mol. The van der Waals surface area contributed by atoms with E-state index in [1.54, 1.807) is 12.1 Å². The highest BCUT2D eigenvalue weighted by Crippen LogP contribution is 2.57. The summed E-state index contributed by atoms with van der Waals surface area (Å²) in [5.41, 5.74) is 0. The van der Waals surface area contributed by atoms with Gasteiger partial charge in [-0.2, -0.15) is 0 Å². The molecule has 0 aliphatic carbocycles. The topological polar surface area (TPSA) is 95.8 Å². The first kappa shape index (κ1) is 38.4. The number of aromatic hydroxyl groups is 2. The van der Waals surface area contributed by atoms with E-state index in [0.717, 1.165) is 77.0 Å². The minimum absolute atomic E-state index is 0.0263. The Morgan fingerprint density at radius 1 is 0.422 bits per heavy atom. The van der Waals surface area contributed by atoms with Crippen molar-refractivity contribution in [3.05, 3.63) is 12.1 Å². The number of hydrogen-bond donors (Lipinski definition) is 2. The zero-order chi connectivity index (χ0) is 32.9. The van der Waals surface area contributed by atoms with E-state index in [1.807, 2.05) is 0 Å². The maximum Gasteiger partial charge on any atom is 0.204 e. The lowest BCUT2D eigenvalue weighted by Gasteiger charge is -2.24. The van der Waals surface area contributed by atoms with Crippen LogP contribution in [0.3, 0.4) is 0 Å². The second-order valence-electron chi connectivity index (χ2n) is 11.1. The van der Waals surface area contributed by atoms with Gasteiger partial charge in [-0.15, -0.1) is 0 Å². The molecule has 0 saturated carbocycles. The van der Waals surface area contributed by atoms with E-state index in [0.29, 0.717) is 83.9 Å². The normalized spacial score (nSPS) is 11.0. The van der Waals surface area contributed by atoms with Gasteiger partial charge in [-0.25, -0.2) is 0 Å². The summed E-state index contributed by atoms with van der Waals surface area (Å²) in [5, 5.41) is 22.4. The summed E-state index contributed by atoms with van der Waals surface area (Å²) in [6.45, 7) is 15.4. The summed E-state index contributed by atoms with van der Waals surface area (Å²) in [6, 6.07) is 3.22. The molecule has 0 amide bonds. The Balaban J connectivity index is 2.84. The molecule has 45 heavy (non-hydrogen) atoms. The highest BCUT2D eigenvalue weighted by atomic mass is 32.2. The van der Waals surface area contributed by atoms with Gasteiger partial charge in [0.05, 0.1) is 39.6 Å². The molecule has 0 aliphatic rings. The molecule has 0 unspecified atom stereocenters. The van der Waals surface area contributed by atoms with Crippen LogP contribution in [-0.4, -0.2) is 49.9 Å². The Morgan fingerprint density at radius 2 is 0.689 bits per heavy atom. The van der Waals surface area contributed by atoms with Gasteiger partial charge in [0, 0.05) is 12.1 Å². The van der Waals surface area contributed by atoms with E-state index in [4.69, 9.17) is 28.4 Å². The van der Waals surface area contributed by atoms with Crippen LogP contribution in [-0.2, 0) is 0 Å². The smallest absolute Gasteiger partial charge is 0.204 e. The summed E-state index contributed by atoms with van der Waals surface area (Å²) in [7, 11) is 0. The van der Waals surface area contributed by atoms with Crippen LogP contribution in [0.1, 0.15) is 119 Å². The molecule has 0 spiro atoms. The van der Waals surface area contributed by atoms with Crippen LogP contribution in [0.5, 0.6) is 46.0 Å². The van der Waals surface area contributed by atoms with Crippen LogP contribution in [0.4, 0.5) is 0 Å². The number of benzene rings is 2. The summed E-state index contributed by atoms with van der Waals surface area (Å²) in [5.74, 6) is 2.37. The predicted octanol–water partition coefficient (Wildman–Crippen LogP) is 10.3. The highest BCUT2D eigenvalue weighted by Gasteiger charge is 2.29. The molecule has 0 heterocycles. The zero-order valence-electron chi connectivity index (χ0n) is 28.6. The van der Waals surface area contributed by atoms with E-state index in [9.17, 15) is 10.2 Å². The fourth-order valence-corrected chi connectivity index (χ4v) is 5.28. The van der Waals surface area contributed by atoms with Crippen LogP contribution in [0.25, 0.3) is 0 Å². The third-order valence-corrected chi connectivity index (χ3v) is 8.15. The Hall–Kier alpha value is -2.81. The lowest BCUT2D eigenvalue weighted by atomic mass is 10.2. The summed E-state index contributed by atoms with van der Waals surface area (Å²) >= 11 is 1.37. The number of rotatable bonds is 26. The Morgan fingerprint density at radius 3 is 0.978 bits per heavy atom. The van der Waals surface area contributed by atoms with Crippen LogP contribution in [0, 0.1) is 0 Å². The Bertz CT molecular complexity index is 1020. The number of phenols is 2. The van der Waals surface area contributed by atoms with Crippen molar-refractivity contribution in [1.82, 2.24) is 0 Å². The third-order valence-electron chi connectivity index (χ3n) is 6.97. The first-order valence-electron chi connectivity index (χ1n) is 17.2. The van der Waals surface area contributed by atoms with E-state index in [-0.39, 0.29) is 11.5 Å². The molecule has 0 radical (unpaired) electrons. The fraction of sp³-hybridized carbons (Fsp3) is 0.667. The van der Waals surface area contributed by atoms with Gasteiger partial charge < -0.3 is 38.6 Å². The summed E-state index contributed by atoms with van der Waals surface area (Å²) in [6.07, 6.45) is 10.8. The molecule has 0 aromatic heterocycles. The number of ether oxygens (including phenoxy) is 6. The van der Waals surface area contributed by atoms with Crippen molar-refractivity contribution < 1.29 is 38.6 Å². The number of hydrogen-bond acceptors (Lipinski definition) is 9. The van der Waals surface area contributed by atoms with Crippen molar-refractivity contribution in [2.45, 2.75) is 128 Å². The van der Waals surface area contributed by atoms with E-state index < -0.39 is 0 Å². The highest BCUT2D eigenvalue weighted by molar-refractivity contribution is 7.99. The molecule has 2 N–H and O–H groups in total. The second kappa shape index (κ2) is 22.7. The molecule has 2 rings (SSSR count). The lowest BCUT2D eigenvalue weighted by Crippen LogP contribution is -2.08. The minimum Gasteiger partial charge on any atom is -0.504 e. The first-order chi connectivity index (χ1) is 22.0. The molecule has 0 atom stereocenters. The van der Waals surface area contributed by atoms with Gasteiger partial charge in [-0.05, 0) is 38.5 Å². The molecule has 8 nitrogen and oxygen atoms in total. The Labute approximate surface area is 276 Å². The Kier molecular flexibility index (Phi) is 19.3. The van der Waals surface area contributed by atoms with E-state index in [1.165, 1.54) is 11.8 Å². The molecule has 2 aromatic carbocycles. The van der Waals surface area contributed by atoms with Crippen molar-refractivity contribution in [2.24, 2.45) is 0 Å². The first-order valence-corrected chi connectivity index (χ1v) is 18.0. The van der Waals surface area contributed by atoms with Crippen molar-refractivity contribution in [1.29, 1.82) is 0 Å².